The van der Waals surface area contributed by atoms with Gasteiger partial charge in [-0.3, -0.25) is 14.4 Å². The minimum atomic E-state index is -0.994. The number of nitrogens with one attached hydrogen (secondary N) is 3. The van der Waals surface area contributed by atoms with Crippen LogP contribution < -0.4 is 16.0 Å². The van der Waals surface area contributed by atoms with Crippen LogP contribution in [0.1, 0.15) is 30.4 Å². The number of hydrogen-bond acceptors (Lipinski definition) is 7. The molecule has 0 radical (unpaired) electrons. The highest BCUT2D eigenvalue weighted by atomic mass is 16.5. The molecule has 0 saturated heterocycles. The average molecular weight is 493 g/mol. The van der Waals surface area contributed by atoms with E-state index in [0.717, 1.165) is 5.56 Å². The summed E-state index contributed by atoms with van der Waals surface area (Å²) in [6.45, 7) is 1.32. The minimum absolute atomic E-state index is 0.152. The topological polar surface area (TPSA) is 140 Å². The van der Waals surface area contributed by atoms with Crippen LogP contribution >= 0.6 is 0 Å². The van der Waals surface area contributed by atoms with E-state index >= 15 is 0 Å². The number of para-hydroxylation sites is 1. The molecule has 3 N–H and O–H groups in total. The number of hydrogen-bond donors (Lipinski definition) is 3. The molecular weight excluding hydrogens is 464 g/mol. The summed E-state index contributed by atoms with van der Waals surface area (Å²) in [6, 6.07) is 11.6. The number of benzene rings is 2. The molecule has 10 heteroatoms. The summed E-state index contributed by atoms with van der Waals surface area (Å²) in [5.41, 5.74) is 2.63. The zero-order chi connectivity index (χ0) is 25.7. The maximum Gasteiger partial charge on any atom is 0.328 e. The van der Waals surface area contributed by atoms with Crippen molar-refractivity contribution < 1.29 is 28.3 Å². The van der Waals surface area contributed by atoms with Crippen molar-refractivity contribution >= 4 is 34.8 Å². The molecule has 0 aliphatic carbocycles. The van der Waals surface area contributed by atoms with Gasteiger partial charge in [0.1, 0.15) is 23.6 Å². The maximum absolute atomic E-state index is 13.4. The normalized spacial score (nSPS) is 20.8. The lowest BCUT2D eigenvalue weighted by Crippen LogP contribution is -2.57. The Kier molecular flexibility index (Phi) is 7.62. The molecule has 0 spiro atoms. The number of aromatic nitrogens is 1. The van der Waals surface area contributed by atoms with Gasteiger partial charge in [-0.1, -0.05) is 42.5 Å². The molecule has 2 heterocycles. The van der Waals surface area contributed by atoms with Crippen LogP contribution in [0.4, 0.5) is 0 Å². The number of fused-ring (bicyclic) bond motifs is 1. The van der Waals surface area contributed by atoms with E-state index in [2.05, 4.69) is 20.9 Å². The van der Waals surface area contributed by atoms with Crippen molar-refractivity contribution in [3.8, 4) is 0 Å². The van der Waals surface area contributed by atoms with Crippen LogP contribution in [-0.2, 0) is 43.2 Å². The molecule has 4 rings (SSSR count). The molecule has 0 fully saturated rings. The highest BCUT2D eigenvalue weighted by molar-refractivity contribution is 5.94. The van der Waals surface area contributed by atoms with Gasteiger partial charge in [0.15, 0.2) is 11.5 Å². The quantitative estimate of drug-likeness (QED) is 0.465. The molecule has 1 aliphatic heterocycles. The Hall–Kier alpha value is -4.21. The Balaban J connectivity index is 1.73. The number of oxazole rings is 1. The van der Waals surface area contributed by atoms with E-state index in [1.807, 2.05) is 36.4 Å². The number of nitrogens with zero attached hydrogens (tertiary/aromatic N) is 1. The van der Waals surface area contributed by atoms with Crippen LogP contribution in [0.25, 0.3) is 11.1 Å². The fourth-order valence-electron chi connectivity index (χ4n) is 4.26. The Bertz CT molecular complexity index is 1270. The Labute approximate surface area is 207 Å². The van der Waals surface area contributed by atoms with Gasteiger partial charge >= 0.3 is 5.97 Å². The fourth-order valence-corrected chi connectivity index (χ4v) is 4.26. The summed E-state index contributed by atoms with van der Waals surface area (Å²) in [5.74, 6) is -1.70. The zero-order valence-electron chi connectivity index (χ0n) is 20.1. The lowest BCUT2D eigenvalue weighted by molar-refractivity contribution is -0.145. The number of ether oxygens (including phenoxy) is 1. The monoisotopic (exact) mass is 492 g/mol. The molecule has 3 aromatic rings. The molecule has 36 heavy (non-hydrogen) atoms. The van der Waals surface area contributed by atoms with E-state index in [-0.39, 0.29) is 31.6 Å². The first kappa shape index (κ1) is 24.9. The predicted octanol–water partition coefficient (Wildman–Crippen LogP) is 1.21. The number of carbonyl (C=O) groups excluding carboxylic acids is 4. The summed E-state index contributed by atoms with van der Waals surface area (Å²) < 4.78 is 10.7. The van der Waals surface area contributed by atoms with E-state index in [1.165, 1.54) is 14.0 Å². The van der Waals surface area contributed by atoms with E-state index in [1.54, 1.807) is 12.1 Å². The molecule has 1 aliphatic rings. The third-order valence-electron chi connectivity index (χ3n) is 6.03. The Morgan fingerprint density at radius 1 is 1.08 bits per heavy atom. The van der Waals surface area contributed by atoms with Crippen molar-refractivity contribution in [2.24, 2.45) is 0 Å². The Morgan fingerprint density at radius 3 is 2.58 bits per heavy atom. The van der Waals surface area contributed by atoms with Crippen LogP contribution in [0.3, 0.4) is 0 Å². The highest BCUT2D eigenvalue weighted by Crippen LogP contribution is 2.22. The van der Waals surface area contributed by atoms with Gasteiger partial charge in [-0.25, -0.2) is 9.78 Å². The van der Waals surface area contributed by atoms with Crippen LogP contribution in [0.15, 0.2) is 52.9 Å². The minimum Gasteiger partial charge on any atom is -0.467 e. The summed E-state index contributed by atoms with van der Waals surface area (Å²) in [7, 11) is 1.24. The first-order chi connectivity index (χ1) is 17.3. The second kappa shape index (κ2) is 11.0. The summed E-state index contributed by atoms with van der Waals surface area (Å²) in [5, 5.41) is 8.16. The first-order valence-electron chi connectivity index (χ1n) is 11.7. The molecule has 2 unspecified atom stereocenters. The fraction of sp³-hybridized carbons (Fsp3) is 0.346. The molecule has 2 bridgehead atoms. The number of esters is 1. The second-order valence-corrected chi connectivity index (χ2v) is 8.70. The van der Waals surface area contributed by atoms with Crippen molar-refractivity contribution in [1.29, 1.82) is 0 Å². The van der Waals surface area contributed by atoms with E-state index in [4.69, 9.17) is 9.15 Å². The van der Waals surface area contributed by atoms with Crippen molar-refractivity contribution in [3.05, 3.63) is 65.5 Å². The molecule has 2 aromatic carbocycles. The summed E-state index contributed by atoms with van der Waals surface area (Å²) in [6.07, 6.45) is 0.814. The van der Waals surface area contributed by atoms with Gasteiger partial charge in [-0.05, 0) is 23.6 Å². The third kappa shape index (κ3) is 5.88. The van der Waals surface area contributed by atoms with Gasteiger partial charge in [0.2, 0.25) is 17.7 Å². The lowest BCUT2D eigenvalue weighted by atomic mass is 10.0. The first-order valence-corrected chi connectivity index (χ1v) is 11.7. The number of aryl methyl sites for hydroxylation is 1. The number of rotatable bonds is 4. The molecule has 3 atom stereocenters. The van der Waals surface area contributed by atoms with Crippen molar-refractivity contribution in [1.82, 2.24) is 20.9 Å². The second-order valence-electron chi connectivity index (χ2n) is 8.70. The Morgan fingerprint density at radius 2 is 1.86 bits per heavy atom. The lowest BCUT2D eigenvalue weighted by Gasteiger charge is -2.25. The zero-order valence-corrected chi connectivity index (χ0v) is 20.1. The molecule has 0 saturated carbocycles. The summed E-state index contributed by atoms with van der Waals surface area (Å²) >= 11 is 0. The third-order valence-corrected chi connectivity index (χ3v) is 6.03. The average Bonchev–Trinajstić information content (AvgIpc) is 3.29. The van der Waals surface area contributed by atoms with Crippen molar-refractivity contribution in [2.45, 2.75) is 50.7 Å². The van der Waals surface area contributed by atoms with Crippen molar-refractivity contribution in [2.75, 3.05) is 7.11 Å². The molecule has 1 aromatic heterocycles. The van der Waals surface area contributed by atoms with Gasteiger partial charge < -0.3 is 25.1 Å². The number of carbonyl (C=O) groups is 4. The van der Waals surface area contributed by atoms with Crippen LogP contribution in [0.2, 0.25) is 0 Å². The predicted molar refractivity (Wildman–Crippen MR) is 130 cm³/mol. The highest BCUT2D eigenvalue weighted by Gasteiger charge is 2.31. The molecule has 10 nitrogen and oxygen atoms in total. The van der Waals surface area contributed by atoms with Crippen LogP contribution in [0.5, 0.6) is 0 Å². The number of amides is 3. The largest absolute Gasteiger partial charge is 0.467 e. The molecule has 3 amide bonds. The van der Waals surface area contributed by atoms with E-state index in [0.29, 0.717) is 22.6 Å². The van der Waals surface area contributed by atoms with Gasteiger partial charge in [-0.15, -0.1) is 0 Å². The molecular formula is C26H28N4O6. The summed E-state index contributed by atoms with van der Waals surface area (Å²) in [4.78, 5) is 55.6. The standard InChI is InChI=1S/C26H28N4O6/c1-15(31)27-20-14-17-9-6-10-21-23(17)30-22(36-21)12-11-18(26(34)35-2)28-24(32)19(29-25(20)33)13-16-7-4-3-5-8-16/h3-10,18-20H,11-14H2,1-2H3,(H,27,31)(H,28,32)(H,29,33)/t18?,19?,20-/m0/s1. The van der Waals surface area contributed by atoms with Crippen LogP contribution in [0, 0.1) is 0 Å². The number of methoxy groups -OCH3 is 1. The molecule has 188 valence electrons. The smallest absolute Gasteiger partial charge is 0.328 e. The van der Waals surface area contributed by atoms with Gasteiger partial charge in [-0.2, -0.15) is 0 Å². The van der Waals surface area contributed by atoms with Crippen molar-refractivity contribution in [3.63, 3.8) is 0 Å². The van der Waals surface area contributed by atoms with E-state index < -0.39 is 35.9 Å². The van der Waals surface area contributed by atoms with Gasteiger partial charge in [0, 0.05) is 26.2 Å². The van der Waals surface area contributed by atoms with Crippen LogP contribution in [-0.4, -0.2) is 53.9 Å². The maximum atomic E-state index is 13.4. The van der Waals surface area contributed by atoms with Gasteiger partial charge in [0.25, 0.3) is 0 Å². The van der Waals surface area contributed by atoms with E-state index in [9.17, 15) is 19.2 Å². The SMILES string of the molecule is COC(=O)C1CCc2nc3c(cccc3o2)C[C@H](NC(C)=O)C(=O)NC(Cc2ccccc2)C(=O)N1. The van der Waals surface area contributed by atoms with Gasteiger partial charge in [0.05, 0.1) is 7.11 Å².